The Bertz CT molecular complexity index is 1140. The number of cyclic esters (lactones) is 1. The zero-order valence-corrected chi connectivity index (χ0v) is 21.8. The van der Waals surface area contributed by atoms with Gasteiger partial charge >= 0.3 is 11.9 Å². The van der Waals surface area contributed by atoms with Crippen molar-refractivity contribution in [2.45, 2.75) is 97.2 Å². The van der Waals surface area contributed by atoms with E-state index in [0.29, 0.717) is 19.3 Å². The number of aliphatic hydroxyl groups excluding tert-OH is 1. The number of Topliss-reactive ketones (excluding diaryl/α,β-unsaturated/α-hetero) is 1. The van der Waals surface area contributed by atoms with Crippen LogP contribution in [0.4, 0.5) is 0 Å². The predicted octanol–water partition coefficient (Wildman–Crippen LogP) is 3.76. The van der Waals surface area contributed by atoms with E-state index in [1.54, 1.807) is 18.6 Å². The topological polar surface area (TPSA) is 116 Å². The van der Waals surface area contributed by atoms with Gasteiger partial charge in [-0.05, 0) is 43.1 Å². The lowest BCUT2D eigenvalue weighted by molar-refractivity contribution is -0.257. The summed E-state index contributed by atoms with van der Waals surface area (Å²) in [6.45, 7) is 11.6. The lowest BCUT2D eigenvalue weighted by atomic mass is 9.34. The van der Waals surface area contributed by atoms with E-state index in [9.17, 15) is 19.5 Å². The summed E-state index contributed by atoms with van der Waals surface area (Å²) in [5.74, 6) is -1.20. The average molecular weight is 501 g/mol. The first-order valence-corrected chi connectivity index (χ1v) is 13.0. The number of hydrogen-bond donors (Lipinski definition) is 1. The second-order valence-corrected chi connectivity index (χ2v) is 13.0. The Kier molecular flexibility index (Phi) is 4.71. The molecular formula is C28H36O8. The van der Waals surface area contributed by atoms with Crippen LogP contribution in [0.2, 0.25) is 0 Å². The maximum atomic E-state index is 14.4. The van der Waals surface area contributed by atoms with Crippen molar-refractivity contribution in [3.05, 3.63) is 24.2 Å². The summed E-state index contributed by atoms with van der Waals surface area (Å²) < 4.78 is 23.6. The molecule has 10 atom stereocenters. The summed E-state index contributed by atoms with van der Waals surface area (Å²) in [5, 5.41) is 11.1. The van der Waals surface area contributed by atoms with Crippen molar-refractivity contribution in [1.82, 2.24) is 0 Å². The molecule has 0 amide bonds. The van der Waals surface area contributed by atoms with Crippen molar-refractivity contribution in [3.63, 3.8) is 0 Å². The fourth-order valence-electron chi connectivity index (χ4n) is 9.54. The molecule has 0 bridgehead atoms. The Morgan fingerprint density at radius 1 is 1.11 bits per heavy atom. The molecule has 5 fully saturated rings. The van der Waals surface area contributed by atoms with Gasteiger partial charge in [0, 0.05) is 36.2 Å². The molecule has 1 spiro atoms. The van der Waals surface area contributed by atoms with Crippen LogP contribution in [-0.4, -0.2) is 46.7 Å². The Labute approximate surface area is 211 Å². The minimum Gasteiger partial charge on any atom is -0.472 e. The van der Waals surface area contributed by atoms with Crippen molar-refractivity contribution in [2.75, 3.05) is 0 Å². The molecule has 3 aliphatic carbocycles. The molecule has 0 aromatic carbocycles. The van der Waals surface area contributed by atoms with Gasteiger partial charge in [0.15, 0.2) is 6.10 Å². The van der Waals surface area contributed by atoms with Gasteiger partial charge in [0.1, 0.15) is 23.6 Å². The predicted molar refractivity (Wildman–Crippen MR) is 125 cm³/mol. The molecule has 1 aromatic rings. The molecule has 3 heterocycles. The molecule has 196 valence electrons. The highest BCUT2D eigenvalue weighted by molar-refractivity contribution is 5.93. The molecule has 36 heavy (non-hydrogen) atoms. The standard InChI is InChI=1S/C28H36O8/c1-14(29)34-20-12-18(30)24(2,3)17-11-19(31)27(6)16(26(17,20)5)7-9-25(4)21(15-8-10-33-13-15)35-23(32)22-28(25,27)36-22/h8,10,13,16-18,20-22,30H,7,9,11-12H2,1-6H3/t16-,17+,18-,20+,21+,22+,25-,26+,27-,28+/m0/s1. The van der Waals surface area contributed by atoms with Crippen LogP contribution >= 0.6 is 0 Å². The van der Waals surface area contributed by atoms with Gasteiger partial charge in [0.2, 0.25) is 0 Å². The van der Waals surface area contributed by atoms with E-state index in [1.807, 2.05) is 20.8 Å². The van der Waals surface area contributed by atoms with Crippen LogP contribution in [-0.2, 0) is 28.6 Å². The number of carbonyl (C=O) groups is 3. The van der Waals surface area contributed by atoms with Gasteiger partial charge in [-0.1, -0.05) is 27.7 Å². The third-order valence-electron chi connectivity index (χ3n) is 11.4. The SMILES string of the molecule is CC(=O)O[C@@H]1C[C@H](O)C(C)(C)[C@H]2CC(=O)[C@]3(C)[C@@H](CC[C@@]4(C)[C@@H](c5ccoc5)OC(=O)[C@H]5O[C@]543)[C@]21C. The molecule has 5 aliphatic rings. The van der Waals surface area contributed by atoms with Crippen molar-refractivity contribution in [2.24, 2.45) is 33.5 Å². The first kappa shape index (κ1) is 24.2. The van der Waals surface area contributed by atoms with Crippen LogP contribution in [0, 0.1) is 33.5 Å². The molecule has 8 heteroatoms. The number of rotatable bonds is 2. The number of hydrogen-bond acceptors (Lipinski definition) is 8. The van der Waals surface area contributed by atoms with Gasteiger partial charge in [-0.15, -0.1) is 0 Å². The lowest BCUT2D eigenvalue weighted by Crippen LogP contribution is -2.74. The van der Waals surface area contributed by atoms with Crippen molar-refractivity contribution >= 4 is 17.7 Å². The fraction of sp³-hybridized carbons (Fsp3) is 0.750. The van der Waals surface area contributed by atoms with Crippen molar-refractivity contribution in [1.29, 1.82) is 0 Å². The smallest absolute Gasteiger partial charge is 0.339 e. The quantitative estimate of drug-likeness (QED) is 0.482. The molecule has 6 rings (SSSR count). The number of aliphatic hydroxyl groups is 1. The largest absolute Gasteiger partial charge is 0.472 e. The first-order chi connectivity index (χ1) is 16.8. The van der Waals surface area contributed by atoms with Crippen LogP contribution in [0.3, 0.4) is 0 Å². The first-order valence-electron chi connectivity index (χ1n) is 13.0. The Morgan fingerprint density at radius 2 is 1.83 bits per heavy atom. The van der Waals surface area contributed by atoms with Crippen LogP contribution in [0.25, 0.3) is 0 Å². The molecule has 1 aromatic heterocycles. The van der Waals surface area contributed by atoms with Crippen molar-refractivity contribution in [3.8, 4) is 0 Å². The third-order valence-corrected chi connectivity index (χ3v) is 11.4. The van der Waals surface area contributed by atoms with Gasteiger partial charge < -0.3 is 23.7 Å². The molecule has 3 saturated carbocycles. The molecule has 2 saturated heterocycles. The van der Waals surface area contributed by atoms with Gasteiger partial charge in [-0.3, -0.25) is 9.59 Å². The van der Waals surface area contributed by atoms with Crippen LogP contribution < -0.4 is 0 Å². The van der Waals surface area contributed by atoms with E-state index in [0.717, 1.165) is 5.56 Å². The number of epoxide rings is 1. The number of esters is 2. The number of fused-ring (bicyclic) bond motifs is 3. The zero-order chi connectivity index (χ0) is 26.1. The number of ketones is 1. The fourth-order valence-corrected chi connectivity index (χ4v) is 9.54. The maximum Gasteiger partial charge on any atom is 0.339 e. The second-order valence-electron chi connectivity index (χ2n) is 13.0. The van der Waals surface area contributed by atoms with E-state index in [2.05, 4.69) is 13.8 Å². The lowest BCUT2D eigenvalue weighted by Gasteiger charge is -2.69. The van der Waals surface area contributed by atoms with Crippen LogP contribution in [0.1, 0.15) is 78.9 Å². The minimum absolute atomic E-state index is 0.0489. The normalized spacial score (nSPS) is 50.6. The van der Waals surface area contributed by atoms with Gasteiger partial charge in [0.05, 0.1) is 24.0 Å². The van der Waals surface area contributed by atoms with Crippen LogP contribution in [0.15, 0.2) is 23.0 Å². The van der Waals surface area contributed by atoms with Gasteiger partial charge in [-0.25, -0.2) is 4.79 Å². The third kappa shape index (κ3) is 2.50. The minimum atomic E-state index is -1.02. The summed E-state index contributed by atoms with van der Waals surface area (Å²) >= 11 is 0. The number of carbonyl (C=O) groups excluding carboxylic acids is 3. The summed E-state index contributed by atoms with van der Waals surface area (Å²) in [6.07, 6.45) is 2.39. The number of furan rings is 1. The summed E-state index contributed by atoms with van der Waals surface area (Å²) in [4.78, 5) is 39.7. The highest BCUT2D eigenvalue weighted by Gasteiger charge is 2.88. The van der Waals surface area contributed by atoms with E-state index in [4.69, 9.17) is 18.6 Å². The number of ether oxygens (including phenoxy) is 3. The van der Waals surface area contributed by atoms with Crippen LogP contribution in [0.5, 0.6) is 0 Å². The molecule has 0 radical (unpaired) electrons. The summed E-state index contributed by atoms with van der Waals surface area (Å²) in [5.41, 5.74) is -3.03. The molecule has 2 aliphatic heterocycles. The van der Waals surface area contributed by atoms with E-state index >= 15 is 0 Å². The average Bonchev–Trinajstić information content (AvgIpc) is 3.37. The highest BCUT2D eigenvalue weighted by atomic mass is 16.7. The summed E-state index contributed by atoms with van der Waals surface area (Å²) in [7, 11) is 0. The van der Waals surface area contributed by atoms with Gasteiger partial charge in [0.25, 0.3) is 0 Å². The molecule has 8 nitrogen and oxygen atoms in total. The Morgan fingerprint density at radius 3 is 2.47 bits per heavy atom. The van der Waals surface area contributed by atoms with Crippen molar-refractivity contribution < 1.29 is 38.1 Å². The molecule has 0 unspecified atom stereocenters. The Hall–Kier alpha value is -2.19. The monoisotopic (exact) mass is 500 g/mol. The Balaban J connectivity index is 1.52. The van der Waals surface area contributed by atoms with E-state index in [1.165, 1.54) is 6.92 Å². The highest BCUT2D eigenvalue weighted by Crippen LogP contribution is 2.79. The van der Waals surface area contributed by atoms with Gasteiger partial charge in [-0.2, -0.15) is 0 Å². The van der Waals surface area contributed by atoms with E-state index in [-0.39, 0.29) is 24.0 Å². The second kappa shape index (κ2) is 7.01. The van der Waals surface area contributed by atoms with E-state index < -0.39 is 63.6 Å². The molecule has 1 N–H and O–H groups in total. The molecular weight excluding hydrogens is 464 g/mol. The maximum absolute atomic E-state index is 14.4. The summed E-state index contributed by atoms with van der Waals surface area (Å²) in [6, 6.07) is 1.80. The zero-order valence-electron chi connectivity index (χ0n) is 21.8.